The summed E-state index contributed by atoms with van der Waals surface area (Å²) in [5.41, 5.74) is 3.42. The first kappa shape index (κ1) is 18.2. The predicted molar refractivity (Wildman–Crippen MR) is 103 cm³/mol. The van der Waals surface area contributed by atoms with Crippen LogP contribution in [0.3, 0.4) is 0 Å². The topological polar surface area (TPSA) is 70.4 Å². The number of amides is 1. The van der Waals surface area contributed by atoms with Gasteiger partial charge < -0.3 is 15.0 Å². The Morgan fingerprint density at radius 2 is 2.11 bits per heavy atom. The van der Waals surface area contributed by atoms with Crippen molar-refractivity contribution in [2.75, 3.05) is 13.1 Å². The highest BCUT2D eigenvalue weighted by Gasteiger charge is 2.28. The van der Waals surface area contributed by atoms with Gasteiger partial charge in [0.1, 0.15) is 11.9 Å². The van der Waals surface area contributed by atoms with Gasteiger partial charge in [0.25, 0.3) is 0 Å². The maximum atomic E-state index is 12.9. The van der Waals surface area contributed by atoms with Crippen molar-refractivity contribution in [3.63, 3.8) is 0 Å². The normalized spacial score (nSPS) is 22.6. The van der Waals surface area contributed by atoms with Gasteiger partial charge in [0.05, 0.1) is 6.10 Å². The number of aliphatic hydroxyl groups is 1. The first-order chi connectivity index (χ1) is 13.1. The SMILES string of the molecule is Cc1cnc2n1C(C(=O)NCc1ccccc1CN1CCC(O)C1)CCC2. The van der Waals surface area contributed by atoms with Crippen molar-refractivity contribution in [2.24, 2.45) is 0 Å². The van der Waals surface area contributed by atoms with Crippen molar-refractivity contribution in [3.05, 3.63) is 53.1 Å². The number of fused-ring (bicyclic) bond motifs is 1. The summed E-state index contributed by atoms with van der Waals surface area (Å²) in [7, 11) is 0. The van der Waals surface area contributed by atoms with Gasteiger partial charge in [0, 0.05) is 44.5 Å². The van der Waals surface area contributed by atoms with Gasteiger partial charge in [-0.05, 0) is 37.3 Å². The van der Waals surface area contributed by atoms with Crippen molar-refractivity contribution in [2.45, 2.75) is 57.8 Å². The van der Waals surface area contributed by atoms with Crippen LogP contribution in [0.25, 0.3) is 0 Å². The summed E-state index contributed by atoms with van der Waals surface area (Å²) < 4.78 is 2.09. The van der Waals surface area contributed by atoms with Crippen LogP contribution in [-0.2, 0) is 24.3 Å². The average Bonchev–Trinajstić information content (AvgIpc) is 3.26. The van der Waals surface area contributed by atoms with Crippen molar-refractivity contribution in [1.82, 2.24) is 19.8 Å². The number of β-amino-alcohol motifs (C(OH)–C–C–N with tert-alkyl or cyclic N) is 1. The van der Waals surface area contributed by atoms with Crippen LogP contribution in [0.4, 0.5) is 0 Å². The number of aliphatic hydroxyl groups excluding tert-OH is 1. The molecule has 2 atom stereocenters. The molecule has 2 aliphatic heterocycles. The van der Waals surface area contributed by atoms with Crippen molar-refractivity contribution >= 4 is 5.91 Å². The summed E-state index contributed by atoms with van der Waals surface area (Å²) in [5, 5.41) is 12.9. The van der Waals surface area contributed by atoms with Crippen LogP contribution in [0.1, 0.15) is 47.9 Å². The molecule has 6 nitrogen and oxygen atoms in total. The van der Waals surface area contributed by atoms with E-state index in [9.17, 15) is 9.90 Å². The largest absolute Gasteiger partial charge is 0.392 e. The second-order valence-electron chi connectivity index (χ2n) is 7.76. The number of nitrogens with one attached hydrogen (secondary N) is 1. The van der Waals surface area contributed by atoms with Gasteiger partial charge in [0.2, 0.25) is 5.91 Å². The summed E-state index contributed by atoms with van der Waals surface area (Å²) >= 11 is 0. The first-order valence-corrected chi connectivity index (χ1v) is 9.89. The number of likely N-dealkylation sites (tertiary alicyclic amines) is 1. The molecule has 0 aliphatic carbocycles. The number of hydrogen-bond donors (Lipinski definition) is 2. The molecule has 1 aromatic heterocycles. The lowest BCUT2D eigenvalue weighted by Gasteiger charge is -2.26. The molecule has 0 bridgehead atoms. The molecule has 1 fully saturated rings. The van der Waals surface area contributed by atoms with Crippen LogP contribution < -0.4 is 5.32 Å². The Morgan fingerprint density at radius 1 is 1.30 bits per heavy atom. The number of nitrogens with zero attached hydrogens (tertiary/aromatic N) is 3. The lowest BCUT2D eigenvalue weighted by molar-refractivity contribution is -0.125. The van der Waals surface area contributed by atoms with E-state index in [1.54, 1.807) is 0 Å². The molecule has 0 spiro atoms. The number of imidazole rings is 1. The number of carbonyl (C=O) groups is 1. The van der Waals surface area contributed by atoms with E-state index in [4.69, 9.17) is 0 Å². The molecule has 2 aromatic rings. The Labute approximate surface area is 160 Å². The van der Waals surface area contributed by atoms with Gasteiger partial charge in [-0.2, -0.15) is 0 Å². The second-order valence-corrected chi connectivity index (χ2v) is 7.76. The van der Waals surface area contributed by atoms with Crippen molar-refractivity contribution in [1.29, 1.82) is 0 Å². The van der Waals surface area contributed by atoms with Gasteiger partial charge in [-0.25, -0.2) is 4.98 Å². The zero-order chi connectivity index (χ0) is 18.8. The van der Waals surface area contributed by atoms with Crippen LogP contribution in [0, 0.1) is 6.92 Å². The number of benzene rings is 1. The Bertz CT molecular complexity index is 816. The van der Waals surface area contributed by atoms with Gasteiger partial charge in [-0.15, -0.1) is 0 Å². The monoisotopic (exact) mass is 368 g/mol. The summed E-state index contributed by atoms with van der Waals surface area (Å²) in [6, 6.07) is 8.09. The van der Waals surface area contributed by atoms with Gasteiger partial charge >= 0.3 is 0 Å². The third kappa shape index (κ3) is 3.92. The second kappa shape index (κ2) is 7.82. The highest BCUT2D eigenvalue weighted by Crippen LogP contribution is 2.26. The Balaban J connectivity index is 1.42. The van der Waals surface area contributed by atoms with Crippen LogP contribution in [0.2, 0.25) is 0 Å². The summed E-state index contributed by atoms with van der Waals surface area (Å²) in [6.45, 7) is 5.02. The van der Waals surface area contributed by atoms with Crippen LogP contribution in [-0.4, -0.2) is 44.7 Å². The van der Waals surface area contributed by atoms with E-state index in [0.29, 0.717) is 6.54 Å². The molecule has 2 N–H and O–H groups in total. The van der Waals surface area contributed by atoms with E-state index in [1.807, 2.05) is 25.3 Å². The fraction of sp³-hybridized carbons (Fsp3) is 0.524. The minimum atomic E-state index is -0.212. The smallest absolute Gasteiger partial charge is 0.243 e. The van der Waals surface area contributed by atoms with Crippen LogP contribution in [0.5, 0.6) is 0 Å². The quantitative estimate of drug-likeness (QED) is 0.846. The van der Waals surface area contributed by atoms with Crippen LogP contribution >= 0.6 is 0 Å². The summed E-state index contributed by atoms with van der Waals surface area (Å²) in [4.78, 5) is 19.6. The van der Waals surface area contributed by atoms with Crippen molar-refractivity contribution in [3.8, 4) is 0 Å². The molecule has 144 valence electrons. The minimum Gasteiger partial charge on any atom is -0.392 e. The molecular formula is C21H28N4O2. The van der Waals surface area contributed by atoms with E-state index in [0.717, 1.165) is 62.4 Å². The number of rotatable bonds is 5. The lowest BCUT2D eigenvalue weighted by Crippen LogP contribution is -2.35. The number of aryl methyl sites for hydroxylation is 2. The predicted octanol–water partition coefficient (Wildman–Crippen LogP) is 1.95. The maximum Gasteiger partial charge on any atom is 0.243 e. The fourth-order valence-corrected chi connectivity index (χ4v) is 4.32. The standard InChI is InChI=1S/C21H28N4O2/c1-15-11-22-20-8-4-7-19(25(15)20)21(27)23-12-16-5-2-3-6-17(16)13-24-10-9-18(26)14-24/h2-3,5-6,11,18-19,26H,4,7-10,12-14H2,1H3,(H,23,27). The lowest BCUT2D eigenvalue weighted by atomic mass is 10.0. The fourth-order valence-electron chi connectivity index (χ4n) is 4.32. The van der Waals surface area contributed by atoms with E-state index in [1.165, 1.54) is 5.56 Å². The van der Waals surface area contributed by atoms with Crippen LogP contribution in [0.15, 0.2) is 30.5 Å². The van der Waals surface area contributed by atoms with Gasteiger partial charge in [-0.1, -0.05) is 24.3 Å². The molecule has 6 heteroatoms. The average molecular weight is 368 g/mol. The van der Waals surface area contributed by atoms with Gasteiger partial charge in [0.15, 0.2) is 0 Å². The zero-order valence-corrected chi connectivity index (χ0v) is 15.9. The number of aromatic nitrogens is 2. The molecule has 0 saturated carbocycles. The number of carbonyl (C=O) groups excluding carboxylic acids is 1. The Morgan fingerprint density at radius 3 is 2.89 bits per heavy atom. The molecule has 2 unspecified atom stereocenters. The van der Waals surface area contributed by atoms with E-state index in [-0.39, 0.29) is 18.1 Å². The number of hydrogen-bond acceptors (Lipinski definition) is 4. The third-order valence-electron chi connectivity index (χ3n) is 5.76. The zero-order valence-electron chi connectivity index (χ0n) is 15.9. The molecule has 3 heterocycles. The van der Waals surface area contributed by atoms with Crippen molar-refractivity contribution < 1.29 is 9.90 Å². The highest BCUT2D eigenvalue weighted by molar-refractivity contribution is 5.80. The molecule has 1 amide bonds. The first-order valence-electron chi connectivity index (χ1n) is 9.89. The molecule has 27 heavy (non-hydrogen) atoms. The van der Waals surface area contributed by atoms with E-state index in [2.05, 4.69) is 31.9 Å². The minimum absolute atomic E-state index is 0.0726. The third-order valence-corrected chi connectivity index (χ3v) is 5.76. The molecular weight excluding hydrogens is 340 g/mol. The molecule has 0 radical (unpaired) electrons. The molecule has 2 aliphatic rings. The molecule has 4 rings (SSSR count). The molecule has 1 saturated heterocycles. The maximum absolute atomic E-state index is 12.9. The Kier molecular flexibility index (Phi) is 5.27. The summed E-state index contributed by atoms with van der Waals surface area (Å²) in [5.74, 6) is 1.09. The highest BCUT2D eigenvalue weighted by atomic mass is 16.3. The molecule has 1 aromatic carbocycles. The van der Waals surface area contributed by atoms with Gasteiger partial charge in [-0.3, -0.25) is 9.69 Å². The Hall–Kier alpha value is -2.18. The summed E-state index contributed by atoms with van der Waals surface area (Å²) in [6.07, 6.45) is 5.30. The van der Waals surface area contributed by atoms with E-state index < -0.39 is 0 Å². The van der Waals surface area contributed by atoms with E-state index >= 15 is 0 Å².